The van der Waals surface area contributed by atoms with Crippen LogP contribution < -0.4 is 5.32 Å². The van der Waals surface area contributed by atoms with Crippen molar-refractivity contribution in [3.63, 3.8) is 0 Å². The molecule has 1 amide bonds. The highest BCUT2D eigenvalue weighted by Gasteiger charge is 2.71. The Morgan fingerprint density at radius 3 is 1.85 bits per heavy atom. The van der Waals surface area contributed by atoms with Crippen molar-refractivity contribution in [1.82, 2.24) is 4.90 Å². The maximum atomic E-state index is 13.1. The van der Waals surface area contributed by atoms with Gasteiger partial charge in [-0.05, 0) is 41.7 Å². The molecule has 1 aliphatic rings. The third-order valence-corrected chi connectivity index (χ3v) is 6.67. The molecule has 0 spiro atoms. The molecule has 5 nitrogen and oxygen atoms in total. The second-order valence-corrected chi connectivity index (χ2v) is 9.31. The second kappa shape index (κ2) is 11.2. The number of carbonyl (C=O) groups is 1. The molecule has 0 radical (unpaired) electrons. The molecule has 0 unspecified atom stereocenters. The van der Waals surface area contributed by atoms with Crippen molar-refractivity contribution in [3.8, 4) is 11.1 Å². The van der Waals surface area contributed by atoms with E-state index in [9.17, 15) is 36.2 Å². The van der Waals surface area contributed by atoms with Crippen molar-refractivity contribution in [2.75, 3.05) is 18.4 Å². The molecule has 11 heteroatoms. The van der Waals surface area contributed by atoms with Crippen LogP contribution in [0.1, 0.15) is 24.0 Å². The molecule has 2 N–H and O–H groups in total. The van der Waals surface area contributed by atoms with E-state index in [0.717, 1.165) is 23.4 Å². The summed E-state index contributed by atoms with van der Waals surface area (Å²) in [6.45, 7) is 1.26. The zero-order valence-electron chi connectivity index (χ0n) is 20.6. The number of nitrogens with zero attached hydrogens (tertiary/aromatic N) is 1. The molecule has 0 aliphatic carbocycles. The first-order valence-electron chi connectivity index (χ1n) is 12.2. The highest BCUT2D eigenvalue weighted by Crippen LogP contribution is 2.50. The number of alkyl halides is 6. The standard InChI is InChI=1S/C28H26F6N2O3/c29-27(30,31)26(38,28(32,33)34)22-10-6-20(7-11-22)21-8-12-23(13-9-21)35-24-14-16-36(17-15-24)25(37)39-18-19-4-2-1-3-5-19/h1-13,24,35,38H,14-18H2. The van der Waals surface area contributed by atoms with Crippen molar-refractivity contribution < 1.29 is 41.0 Å². The first-order chi connectivity index (χ1) is 18.4. The lowest BCUT2D eigenvalue weighted by molar-refractivity contribution is -0.376. The SMILES string of the molecule is O=C(OCc1ccccc1)N1CCC(Nc2ccc(-c3ccc(C(O)(C(F)(F)F)C(F)(F)F)cc3)cc2)CC1. The Balaban J connectivity index is 1.31. The Morgan fingerprint density at radius 2 is 1.33 bits per heavy atom. The van der Waals surface area contributed by atoms with E-state index in [-0.39, 0.29) is 18.7 Å². The van der Waals surface area contributed by atoms with Gasteiger partial charge in [0.25, 0.3) is 5.60 Å². The number of rotatable bonds is 6. The van der Waals surface area contributed by atoms with Gasteiger partial charge in [0.05, 0.1) is 0 Å². The molecule has 4 rings (SSSR count). The summed E-state index contributed by atoms with van der Waals surface area (Å²) in [5, 5.41) is 12.9. The van der Waals surface area contributed by atoms with Gasteiger partial charge in [0.15, 0.2) is 0 Å². The summed E-state index contributed by atoms with van der Waals surface area (Å²) in [7, 11) is 0. The number of ether oxygens (including phenoxy) is 1. The van der Waals surface area contributed by atoms with Crippen LogP contribution in [0.15, 0.2) is 78.9 Å². The van der Waals surface area contributed by atoms with Gasteiger partial charge >= 0.3 is 18.4 Å². The molecule has 1 heterocycles. The number of amides is 1. The topological polar surface area (TPSA) is 61.8 Å². The Hall–Kier alpha value is -3.73. The Bertz CT molecular complexity index is 1220. The third-order valence-electron chi connectivity index (χ3n) is 6.67. The van der Waals surface area contributed by atoms with E-state index in [1.165, 1.54) is 0 Å². The Kier molecular flexibility index (Phi) is 8.10. The van der Waals surface area contributed by atoms with Gasteiger partial charge in [-0.1, -0.05) is 66.7 Å². The second-order valence-electron chi connectivity index (χ2n) is 9.31. The largest absolute Gasteiger partial charge is 0.445 e. The molecule has 208 valence electrons. The quantitative estimate of drug-likeness (QED) is 0.328. The minimum atomic E-state index is -5.93. The first kappa shape index (κ1) is 28.3. The summed E-state index contributed by atoms with van der Waals surface area (Å²) in [6, 6.07) is 19.8. The monoisotopic (exact) mass is 552 g/mol. The fourth-order valence-electron chi connectivity index (χ4n) is 4.40. The van der Waals surface area contributed by atoms with Crippen LogP contribution in [-0.2, 0) is 16.9 Å². The number of benzene rings is 3. The van der Waals surface area contributed by atoms with Crippen LogP contribution in [0.3, 0.4) is 0 Å². The molecule has 0 bridgehead atoms. The maximum Gasteiger partial charge on any atom is 0.430 e. The van der Waals surface area contributed by atoms with Gasteiger partial charge in [-0.3, -0.25) is 0 Å². The lowest BCUT2D eigenvalue weighted by Crippen LogP contribution is -2.53. The average molecular weight is 553 g/mol. The number of carbonyl (C=O) groups excluding carboxylic acids is 1. The Morgan fingerprint density at radius 1 is 0.821 bits per heavy atom. The van der Waals surface area contributed by atoms with Gasteiger partial charge in [0, 0.05) is 30.4 Å². The summed E-state index contributed by atoms with van der Waals surface area (Å²) in [5.74, 6) is 0. The van der Waals surface area contributed by atoms with Crippen molar-refractivity contribution in [1.29, 1.82) is 0 Å². The number of halogens is 6. The predicted molar refractivity (Wildman–Crippen MR) is 133 cm³/mol. The number of hydrogen-bond acceptors (Lipinski definition) is 4. The molecule has 1 saturated heterocycles. The summed E-state index contributed by atoms with van der Waals surface area (Å²) in [6.07, 6.45) is -10.8. The fourth-order valence-corrected chi connectivity index (χ4v) is 4.40. The molecule has 0 saturated carbocycles. The van der Waals surface area contributed by atoms with E-state index in [1.807, 2.05) is 30.3 Å². The van der Waals surface area contributed by atoms with Crippen LogP contribution >= 0.6 is 0 Å². The molecule has 39 heavy (non-hydrogen) atoms. The number of piperidine rings is 1. The smallest absolute Gasteiger partial charge is 0.430 e. The number of nitrogens with one attached hydrogen (secondary N) is 1. The third kappa shape index (κ3) is 6.30. The molecule has 0 atom stereocenters. The number of hydrogen-bond donors (Lipinski definition) is 2. The summed E-state index contributed by atoms with van der Waals surface area (Å²) in [4.78, 5) is 14.0. The van der Waals surface area contributed by atoms with Crippen molar-refractivity contribution in [3.05, 3.63) is 90.0 Å². The minimum absolute atomic E-state index is 0.107. The van der Waals surface area contributed by atoms with E-state index < -0.39 is 23.5 Å². The first-order valence-corrected chi connectivity index (χ1v) is 12.2. The molecule has 1 aliphatic heterocycles. The van der Waals surface area contributed by atoms with Gasteiger partial charge in [0.1, 0.15) is 6.61 Å². The van der Waals surface area contributed by atoms with E-state index in [1.54, 1.807) is 29.2 Å². The summed E-state index contributed by atoms with van der Waals surface area (Å²) >= 11 is 0. The van der Waals surface area contributed by atoms with Crippen LogP contribution in [0.4, 0.5) is 36.8 Å². The minimum Gasteiger partial charge on any atom is -0.445 e. The number of anilines is 1. The lowest BCUT2D eigenvalue weighted by Gasteiger charge is -2.32. The van der Waals surface area contributed by atoms with Gasteiger partial charge < -0.3 is 20.1 Å². The Labute approximate surface area is 221 Å². The lowest BCUT2D eigenvalue weighted by atomic mass is 9.90. The van der Waals surface area contributed by atoms with Crippen molar-refractivity contribution >= 4 is 11.8 Å². The normalized spacial score (nSPS) is 15.2. The van der Waals surface area contributed by atoms with Crippen LogP contribution in [0.2, 0.25) is 0 Å². The van der Waals surface area contributed by atoms with Gasteiger partial charge in [-0.2, -0.15) is 26.3 Å². The predicted octanol–water partition coefficient (Wildman–Crippen LogP) is 6.88. The fraction of sp³-hybridized carbons (Fsp3) is 0.321. The highest BCUT2D eigenvalue weighted by molar-refractivity contribution is 5.68. The zero-order valence-corrected chi connectivity index (χ0v) is 20.6. The zero-order chi connectivity index (χ0) is 28.3. The average Bonchev–Trinajstić information content (AvgIpc) is 2.91. The van der Waals surface area contributed by atoms with Crippen molar-refractivity contribution in [2.24, 2.45) is 0 Å². The molecular formula is C28H26F6N2O3. The molecule has 3 aromatic rings. The van der Waals surface area contributed by atoms with Gasteiger partial charge in [0.2, 0.25) is 0 Å². The van der Waals surface area contributed by atoms with Crippen LogP contribution in [0, 0.1) is 0 Å². The van der Waals surface area contributed by atoms with Crippen LogP contribution in [-0.4, -0.2) is 47.6 Å². The molecule has 3 aromatic carbocycles. The van der Waals surface area contributed by atoms with E-state index in [2.05, 4.69) is 5.32 Å². The van der Waals surface area contributed by atoms with Crippen LogP contribution in [0.25, 0.3) is 11.1 Å². The van der Waals surface area contributed by atoms with E-state index in [4.69, 9.17) is 4.74 Å². The van der Waals surface area contributed by atoms with E-state index in [0.29, 0.717) is 49.2 Å². The summed E-state index contributed by atoms with van der Waals surface area (Å²) < 4.78 is 84.0. The molecular weight excluding hydrogens is 526 g/mol. The highest BCUT2D eigenvalue weighted by atomic mass is 19.4. The number of aliphatic hydroxyl groups is 1. The summed E-state index contributed by atoms with van der Waals surface area (Å²) in [5.41, 5.74) is -3.61. The van der Waals surface area contributed by atoms with Gasteiger partial charge in [-0.15, -0.1) is 0 Å². The van der Waals surface area contributed by atoms with Crippen molar-refractivity contribution in [2.45, 2.75) is 43.4 Å². The molecule has 1 fully saturated rings. The maximum absolute atomic E-state index is 13.1. The number of likely N-dealkylation sites (tertiary alicyclic amines) is 1. The van der Waals surface area contributed by atoms with Crippen LogP contribution in [0.5, 0.6) is 0 Å². The van der Waals surface area contributed by atoms with Gasteiger partial charge in [-0.25, -0.2) is 4.79 Å². The molecule has 0 aromatic heterocycles. The van der Waals surface area contributed by atoms with E-state index >= 15 is 0 Å².